The van der Waals surface area contributed by atoms with Crippen molar-refractivity contribution in [2.75, 3.05) is 5.32 Å². The minimum Gasteiger partial charge on any atom is -0.325 e. The molecule has 3 aromatic carbocycles. The number of benzene rings is 3. The van der Waals surface area contributed by atoms with Crippen LogP contribution in [0.2, 0.25) is 0 Å². The van der Waals surface area contributed by atoms with Gasteiger partial charge in [-0.25, -0.2) is 4.98 Å². The van der Waals surface area contributed by atoms with Gasteiger partial charge in [0.2, 0.25) is 5.91 Å². The highest BCUT2D eigenvalue weighted by molar-refractivity contribution is 6.06. The van der Waals surface area contributed by atoms with Crippen LogP contribution < -0.4 is 10.9 Å². The van der Waals surface area contributed by atoms with Crippen molar-refractivity contribution in [3.05, 3.63) is 106 Å². The maximum atomic E-state index is 13.6. The fourth-order valence-corrected chi connectivity index (χ4v) is 4.39. The second kappa shape index (κ2) is 8.63. The Balaban J connectivity index is 1.61. The van der Waals surface area contributed by atoms with Gasteiger partial charge in [0.05, 0.1) is 18.4 Å². The summed E-state index contributed by atoms with van der Waals surface area (Å²) in [7, 11) is 0. The molecule has 0 saturated heterocycles. The lowest BCUT2D eigenvalue weighted by molar-refractivity contribution is -0.116. The van der Waals surface area contributed by atoms with Gasteiger partial charge in [0.25, 0.3) is 5.56 Å². The summed E-state index contributed by atoms with van der Waals surface area (Å²) in [6.07, 6.45) is 1.60. The van der Waals surface area contributed by atoms with Gasteiger partial charge in [0.15, 0.2) is 0 Å². The summed E-state index contributed by atoms with van der Waals surface area (Å²) in [6, 6.07) is 21.6. The van der Waals surface area contributed by atoms with Gasteiger partial charge in [0, 0.05) is 11.1 Å². The molecule has 0 spiro atoms. The Bertz CT molecular complexity index is 1600. The van der Waals surface area contributed by atoms with Crippen LogP contribution in [0.1, 0.15) is 22.3 Å². The number of hydrogen-bond acceptors (Lipinski definition) is 3. The predicted octanol–water partition coefficient (Wildman–Crippen LogP) is 4.96. The Kier molecular flexibility index (Phi) is 5.49. The molecule has 0 bridgehead atoms. The summed E-state index contributed by atoms with van der Waals surface area (Å²) >= 11 is 0. The van der Waals surface area contributed by atoms with Gasteiger partial charge in [-0.3, -0.25) is 14.2 Å². The molecule has 2 aromatic heterocycles. The third kappa shape index (κ3) is 3.88. The molecule has 1 amide bonds. The van der Waals surface area contributed by atoms with E-state index in [0.29, 0.717) is 17.6 Å². The van der Waals surface area contributed by atoms with Crippen molar-refractivity contribution in [2.45, 2.75) is 33.9 Å². The molecule has 0 fully saturated rings. The van der Waals surface area contributed by atoms with E-state index >= 15 is 0 Å². The first kappa shape index (κ1) is 21.6. The maximum Gasteiger partial charge on any atom is 0.278 e. The van der Waals surface area contributed by atoms with Crippen molar-refractivity contribution >= 4 is 33.5 Å². The first-order valence-electron chi connectivity index (χ1n) is 11.3. The van der Waals surface area contributed by atoms with E-state index in [-0.39, 0.29) is 18.0 Å². The van der Waals surface area contributed by atoms with Crippen LogP contribution >= 0.6 is 0 Å². The average molecular weight is 451 g/mol. The van der Waals surface area contributed by atoms with E-state index in [1.165, 1.54) is 0 Å². The van der Waals surface area contributed by atoms with Crippen molar-refractivity contribution in [1.29, 1.82) is 0 Å². The normalized spacial score (nSPS) is 11.3. The first-order valence-corrected chi connectivity index (χ1v) is 11.3. The molecule has 6 nitrogen and oxygen atoms in total. The van der Waals surface area contributed by atoms with E-state index in [4.69, 9.17) is 0 Å². The van der Waals surface area contributed by atoms with Crippen molar-refractivity contribution in [3.63, 3.8) is 0 Å². The summed E-state index contributed by atoms with van der Waals surface area (Å²) in [5, 5.41) is 3.89. The highest BCUT2D eigenvalue weighted by Crippen LogP contribution is 2.27. The Morgan fingerprint density at radius 2 is 1.76 bits per heavy atom. The van der Waals surface area contributed by atoms with Crippen LogP contribution in [0.5, 0.6) is 0 Å². The zero-order valence-corrected chi connectivity index (χ0v) is 19.5. The third-order valence-electron chi connectivity index (χ3n) is 6.36. The third-order valence-corrected chi connectivity index (χ3v) is 6.36. The molecule has 0 unspecified atom stereocenters. The summed E-state index contributed by atoms with van der Waals surface area (Å²) in [5.74, 6) is -0.189. The lowest BCUT2D eigenvalue weighted by Gasteiger charge is -2.12. The number of nitrogens with zero attached hydrogens (tertiary/aromatic N) is 3. The summed E-state index contributed by atoms with van der Waals surface area (Å²) in [6.45, 7) is 6.44. The van der Waals surface area contributed by atoms with E-state index in [0.717, 1.165) is 38.8 Å². The molecule has 170 valence electrons. The Hall–Kier alpha value is -4.19. The second-order valence-electron chi connectivity index (χ2n) is 8.76. The lowest BCUT2D eigenvalue weighted by Crippen LogP contribution is -2.25. The summed E-state index contributed by atoms with van der Waals surface area (Å²) < 4.78 is 3.39. The molecule has 5 aromatic rings. The summed E-state index contributed by atoms with van der Waals surface area (Å²) in [5.41, 5.74) is 6.71. The Morgan fingerprint density at radius 3 is 2.56 bits per heavy atom. The van der Waals surface area contributed by atoms with Gasteiger partial charge in [0.1, 0.15) is 17.6 Å². The van der Waals surface area contributed by atoms with E-state index in [1.54, 1.807) is 15.5 Å². The number of rotatable bonds is 5. The Morgan fingerprint density at radius 1 is 0.971 bits per heavy atom. The van der Waals surface area contributed by atoms with Gasteiger partial charge in [-0.2, -0.15) is 0 Å². The van der Waals surface area contributed by atoms with Gasteiger partial charge >= 0.3 is 0 Å². The number of amides is 1. The first-order chi connectivity index (χ1) is 16.4. The fourth-order valence-electron chi connectivity index (χ4n) is 4.39. The smallest absolute Gasteiger partial charge is 0.278 e. The molecule has 5 rings (SSSR count). The number of aryl methyl sites for hydroxylation is 2. The molecule has 0 atom stereocenters. The molecule has 34 heavy (non-hydrogen) atoms. The molecule has 0 radical (unpaired) electrons. The molecule has 0 aliphatic carbocycles. The van der Waals surface area contributed by atoms with Crippen LogP contribution in [-0.2, 0) is 17.9 Å². The van der Waals surface area contributed by atoms with E-state index in [9.17, 15) is 9.59 Å². The van der Waals surface area contributed by atoms with Crippen LogP contribution in [-0.4, -0.2) is 20.0 Å². The van der Waals surface area contributed by atoms with Crippen LogP contribution in [0, 0.1) is 20.8 Å². The number of fused-ring (bicyclic) bond motifs is 3. The van der Waals surface area contributed by atoms with Crippen molar-refractivity contribution in [2.24, 2.45) is 0 Å². The molecule has 0 aliphatic rings. The fraction of sp³-hybridized carbons (Fsp3) is 0.179. The molecule has 1 N–H and O–H groups in total. The topological polar surface area (TPSA) is 68.9 Å². The lowest BCUT2D eigenvalue weighted by atomic mass is 10.1. The number of hydrogen-bond donors (Lipinski definition) is 1. The van der Waals surface area contributed by atoms with E-state index in [1.807, 2.05) is 87.5 Å². The molecular weight excluding hydrogens is 424 g/mol. The number of aromatic nitrogens is 3. The van der Waals surface area contributed by atoms with Crippen molar-refractivity contribution in [3.8, 4) is 0 Å². The minimum absolute atomic E-state index is 0.0166. The van der Waals surface area contributed by atoms with Crippen LogP contribution in [0.25, 0.3) is 21.9 Å². The van der Waals surface area contributed by atoms with E-state index < -0.39 is 0 Å². The molecule has 6 heteroatoms. The second-order valence-corrected chi connectivity index (χ2v) is 8.76. The highest BCUT2D eigenvalue weighted by atomic mass is 16.2. The minimum atomic E-state index is -0.189. The van der Waals surface area contributed by atoms with Crippen molar-refractivity contribution < 1.29 is 4.79 Å². The van der Waals surface area contributed by atoms with Gasteiger partial charge in [-0.15, -0.1) is 0 Å². The standard InChI is InChI=1S/C28H26N4O2/c1-18-12-13-24-22(14-18)26-27(28(34)31(17-29-26)15-21-9-5-4-6-10-21)32(24)16-25(33)30-23-11-7-8-19(2)20(23)3/h4-14,17H,15-16H2,1-3H3,(H,30,33). The summed E-state index contributed by atoms with van der Waals surface area (Å²) in [4.78, 5) is 31.4. The molecular formula is C28H26N4O2. The zero-order chi connectivity index (χ0) is 23.8. The van der Waals surface area contributed by atoms with Crippen LogP contribution in [0.3, 0.4) is 0 Å². The number of nitrogens with one attached hydrogen (secondary N) is 1. The van der Waals surface area contributed by atoms with Gasteiger partial charge in [-0.05, 0) is 55.7 Å². The molecule has 0 aliphatic heterocycles. The van der Waals surface area contributed by atoms with Crippen LogP contribution in [0.4, 0.5) is 5.69 Å². The number of anilines is 1. The number of carbonyl (C=O) groups is 1. The van der Waals surface area contributed by atoms with Crippen molar-refractivity contribution in [1.82, 2.24) is 14.1 Å². The SMILES string of the molecule is Cc1ccc2c(c1)c1ncn(Cc3ccccc3)c(=O)c1n2CC(=O)Nc1cccc(C)c1C. The Labute approximate surface area is 197 Å². The average Bonchev–Trinajstić information content (AvgIpc) is 3.12. The zero-order valence-electron chi connectivity index (χ0n) is 19.5. The van der Waals surface area contributed by atoms with E-state index in [2.05, 4.69) is 10.3 Å². The van der Waals surface area contributed by atoms with Gasteiger partial charge in [-0.1, -0.05) is 54.1 Å². The van der Waals surface area contributed by atoms with Gasteiger partial charge < -0.3 is 9.88 Å². The largest absolute Gasteiger partial charge is 0.325 e. The molecule has 2 heterocycles. The highest BCUT2D eigenvalue weighted by Gasteiger charge is 2.19. The monoisotopic (exact) mass is 450 g/mol. The quantitative estimate of drug-likeness (QED) is 0.411. The van der Waals surface area contributed by atoms with Crippen LogP contribution in [0.15, 0.2) is 77.9 Å². The molecule has 0 saturated carbocycles. The maximum absolute atomic E-state index is 13.6. The predicted molar refractivity (Wildman–Crippen MR) is 136 cm³/mol. The number of carbonyl (C=O) groups excluding carboxylic acids is 1.